The van der Waals surface area contributed by atoms with Gasteiger partial charge in [-0.1, -0.05) is 36.4 Å². The van der Waals surface area contributed by atoms with Crippen molar-refractivity contribution in [1.29, 1.82) is 0 Å². The van der Waals surface area contributed by atoms with Gasteiger partial charge in [0.1, 0.15) is 5.01 Å². The Bertz CT molecular complexity index is 859. The summed E-state index contributed by atoms with van der Waals surface area (Å²) in [5.41, 5.74) is 3.28. The van der Waals surface area contributed by atoms with E-state index in [1.165, 1.54) is 4.88 Å². The van der Waals surface area contributed by atoms with Crippen molar-refractivity contribution in [1.82, 2.24) is 20.6 Å². The smallest absolute Gasteiger partial charge is 0.191 e. The minimum absolute atomic E-state index is 0.620. The second-order valence-electron chi connectivity index (χ2n) is 6.09. The number of guanidine groups is 1. The van der Waals surface area contributed by atoms with Gasteiger partial charge in [-0.2, -0.15) is 0 Å². The summed E-state index contributed by atoms with van der Waals surface area (Å²) in [6, 6.07) is 16.3. The maximum Gasteiger partial charge on any atom is 0.191 e. The lowest BCUT2D eigenvalue weighted by Crippen LogP contribution is -2.38. The van der Waals surface area contributed by atoms with Gasteiger partial charge < -0.3 is 10.6 Å². The van der Waals surface area contributed by atoms with E-state index in [0.29, 0.717) is 6.54 Å². The number of benzene rings is 1. The van der Waals surface area contributed by atoms with E-state index in [4.69, 9.17) is 9.98 Å². The molecule has 0 fully saturated rings. The maximum absolute atomic E-state index is 4.73. The van der Waals surface area contributed by atoms with E-state index >= 15 is 0 Å². The third-order valence-corrected chi connectivity index (χ3v) is 5.23. The van der Waals surface area contributed by atoms with Crippen molar-refractivity contribution in [2.24, 2.45) is 4.99 Å². The van der Waals surface area contributed by atoms with Crippen LogP contribution in [0.2, 0.25) is 0 Å². The lowest BCUT2D eigenvalue weighted by Gasteiger charge is -2.10. The third kappa shape index (κ3) is 5.62. The molecule has 0 saturated carbocycles. The number of rotatable bonds is 7. The zero-order valence-electron chi connectivity index (χ0n) is 15.8. The predicted molar refractivity (Wildman–Crippen MR) is 113 cm³/mol. The van der Waals surface area contributed by atoms with Crippen LogP contribution in [0, 0.1) is 6.92 Å². The number of pyridine rings is 1. The molecule has 0 aliphatic rings. The highest BCUT2D eigenvalue weighted by Gasteiger charge is 2.09. The SMILES string of the molecule is CCNC(=NCc1sc(-c2ccccc2)nc1C)NCCc1ccccn1. The average molecular weight is 380 g/mol. The van der Waals surface area contributed by atoms with E-state index in [9.17, 15) is 0 Å². The van der Waals surface area contributed by atoms with Crippen LogP contribution in [0.5, 0.6) is 0 Å². The summed E-state index contributed by atoms with van der Waals surface area (Å²) in [5, 5.41) is 7.73. The number of hydrogen-bond acceptors (Lipinski definition) is 4. The molecule has 3 aromatic rings. The minimum atomic E-state index is 0.620. The Morgan fingerprint density at radius 2 is 1.89 bits per heavy atom. The molecule has 0 radical (unpaired) electrons. The van der Waals surface area contributed by atoms with Crippen LogP contribution < -0.4 is 10.6 Å². The van der Waals surface area contributed by atoms with E-state index in [0.717, 1.165) is 47.4 Å². The number of nitrogens with one attached hydrogen (secondary N) is 2. The highest BCUT2D eigenvalue weighted by molar-refractivity contribution is 7.15. The Kier molecular flexibility index (Phi) is 6.93. The minimum Gasteiger partial charge on any atom is -0.357 e. The summed E-state index contributed by atoms with van der Waals surface area (Å²) in [4.78, 5) is 15.0. The molecule has 6 heteroatoms. The predicted octanol–water partition coefficient (Wildman–Crippen LogP) is 3.81. The molecule has 3 rings (SSSR count). The number of aryl methyl sites for hydroxylation is 1. The van der Waals surface area contributed by atoms with Crippen molar-refractivity contribution in [2.45, 2.75) is 26.8 Å². The van der Waals surface area contributed by atoms with Gasteiger partial charge in [0.25, 0.3) is 0 Å². The van der Waals surface area contributed by atoms with Gasteiger partial charge in [0, 0.05) is 41.8 Å². The van der Waals surface area contributed by atoms with E-state index in [2.05, 4.69) is 41.6 Å². The number of nitrogens with zero attached hydrogens (tertiary/aromatic N) is 3. The molecule has 2 heterocycles. The van der Waals surface area contributed by atoms with E-state index < -0.39 is 0 Å². The monoisotopic (exact) mass is 379 g/mol. The van der Waals surface area contributed by atoms with Crippen molar-refractivity contribution < 1.29 is 0 Å². The first-order valence-corrected chi connectivity index (χ1v) is 10.0. The highest BCUT2D eigenvalue weighted by atomic mass is 32.1. The fourth-order valence-corrected chi connectivity index (χ4v) is 3.62. The Morgan fingerprint density at radius 3 is 2.63 bits per heavy atom. The van der Waals surface area contributed by atoms with Crippen LogP contribution in [0.3, 0.4) is 0 Å². The van der Waals surface area contributed by atoms with Crippen LogP contribution in [-0.2, 0) is 13.0 Å². The van der Waals surface area contributed by atoms with Gasteiger partial charge in [-0.05, 0) is 26.0 Å². The largest absolute Gasteiger partial charge is 0.357 e. The molecule has 0 amide bonds. The summed E-state index contributed by atoms with van der Waals surface area (Å²) in [6.45, 7) is 6.36. The molecule has 140 valence electrons. The van der Waals surface area contributed by atoms with Crippen molar-refractivity contribution in [3.63, 3.8) is 0 Å². The molecule has 0 aliphatic heterocycles. The van der Waals surface area contributed by atoms with Gasteiger partial charge >= 0.3 is 0 Å². The van der Waals surface area contributed by atoms with Crippen molar-refractivity contribution in [2.75, 3.05) is 13.1 Å². The van der Waals surface area contributed by atoms with Gasteiger partial charge in [0.15, 0.2) is 5.96 Å². The quantitative estimate of drug-likeness (QED) is 0.484. The van der Waals surface area contributed by atoms with Gasteiger partial charge in [-0.25, -0.2) is 9.98 Å². The average Bonchev–Trinajstić information content (AvgIpc) is 3.08. The van der Waals surface area contributed by atoms with Gasteiger partial charge in [-0.3, -0.25) is 4.98 Å². The summed E-state index contributed by atoms with van der Waals surface area (Å²) in [5.74, 6) is 0.822. The maximum atomic E-state index is 4.73. The third-order valence-electron chi connectivity index (χ3n) is 4.04. The fraction of sp³-hybridized carbons (Fsp3) is 0.286. The molecule has 0 unspecified atom stereocenters. The first-order valence-electron chi connectivity index (χ1n) is 9.20. The Labute approximate surface area is 164 Å². The molecular weight excluding hydrogens is 354 g/mol. The van der Waals surface area contributed by atoms with Gasteiger partial charge in [0.2, 0.25) is 0 Å². The molecule has 2 N–H and O–H groups in total. The number of thiazole rings is 1. The molecule has 0 saturated heterocycles. The normalized spacial score (nSPS) is 11.4. The van der Waals surface area contributed by atoms with Crippen LogP contribution in [0.1, 0.15) is 23.2 Å². The first kappa shape index (κ1) is 19.0. The van der Waals surface area contributed by atoms with E-state index in [-0.39, 0.29) is 0 Å². The van der Waals surface area contributed by atoms with E-state index in [1.807, 2.05) is 42.6 Å². The summed E-state index contributed by atoms with van der Waals surface area (Å²) in [7, 11) is 0. The Balaban J connectivity index is 1.62. The van der Waals surface area contributed by atoms with Crippen molar-refractivity contribution >= 4 is 17.3 Å². The standard InChI is InChI=1S/C21H25N5S/c1-3-22-21(24-14-12-18-11-7-8-13-23-18)25-15-19-16(2)26-20(27-19)17-9-5-4-6-10-17/h4-11,13H,3,12,14-15H2,1-2H3,(H2,22,24,25). The van der Waals surface area contributed by atoms with Gasteiger partial charge in [0.05, 0.1) is 12.2 Å². The lowest BCUT2D eigenvalue weighted by atomic mass is 10.2. The van der Waals surface area contributed by atoms with Crippen LogP contribution in [0.15, 0.2) is 59.7 Å². The first-order chi connectivity index (χ1) is 13.3. The number of aliphatic imine (C=N–C) groups is 1. The van der Waals surface area contributed by atoms with Crippen LogP contribution in [0.4, 0.5) is 0 Å². The summed E-state index contributed by atoms with van der Waals surface area (Å²) in [6.07, 6.45) is 2.69. The van der Waals surface area contributed by atoms with Crippen molar-refractivity contribution in [3.05, 3.63) is 71.0 Å². The molecule has 2 aromatic heterocycles. The topological polar surface area (TPSA) is 62.2 Å². The molecule has 0 atom stereocenters. The zero-order valence-corrected chi connectivity index (χ0v) is 16.6. The summed E-state index contributed by atoms with van der Waals surface area (Å²) >= 11 is 1.71. The Morgan fingerprint density at radius 1 is 1.07 bits per heavy atom. The molecule has 5 nitrogen and oxygen atoms in total. The second kappa shape index (κ2) is 9.83. The van der Waals surface area contributed by atoms with Crippen molar-refractivity contribution in [3.8, 4) is 10.6 Å². The zero-order chi connectivity index (χ0) is 18.9. The lowest BCUT2D eigenvalue weighted by molar-refractivity contribution is 0.789. The molecule has 1 aromatic carbocycles. The molecule has 0 aliphatic carbocycles. The second-order valence-corrected chi connectivity index (χ2v) is 7.17. The fourth-order valence-electron chi connectivity index (χ4n) is 2.63. The molecular formula is C21H25N5S. The highest BCUT2D eigenvalue weighted by Crippen LogP contribution is 2.28. The number of hydrogen-bond donors (Lipinski definition) is 2. The molecule has 0 bridgehead atoms. The number of aromatic nitrogens is 2. The van der Waals surface area contributed by atoms with Gasteiger partial charge in [-0.15, -0.1) is 11.3 Å². The van der Waals surface area contributed by atoms with E-state index in [1.54, 1.807) is 11.3 Å². The van der Waals surface area contributed by atoms with Crippen LogP contribution in [-0.4, -0.2) is 29.0 Å². The summed E-state index contributed by atoms with van der Waals surface area (Å²) < 4.78 is 0. The molecule has 0 spiro atoms. The Hall–Kier alpha value is -2.73. The molecule has 27 heavy (non-hydrogen) atoms. The van der Waals surface area contributed by atoms with Crippen LogP contribution in [0.25, 0.3) is 10.6 Å². The van der Waals surface area contributed by atoms with Crippen LogP contribution >= 0.6 is 11.3 Å².